The number of likely N-dealkylation sites (N-methyl/N-ethyl adjacent to an activating group) is 1. The summed E-state index contributed by atoms with van der Waals surface area (Å²) < 4.78 is 5.50. The Kier molecular flexibility index (Phi) is 5.81. The van der Waals surface area contributed by atoms with E-state index >= 15 is 0 Å². The quantitative estimate of drug-likeness (QED) is 0.763. The van der Waals surface area contributed by atoms with Crippen LogP contribution in [0, 0.1) is 11.8 Å². The van der Waals surface area contributed by atoms with Gasteiger partial charge in [-0.15, -0.1) is 0 Å². The molecule has 4 rings (SSSR count). The number of benzene rings is 1. The minimum atomic E-state index is 0.0990. The average Bonchev–Trinajstić information content (AvgIpc) is 2.71. The van der Waals surface area contributed by atoms with E-state index < -0.39 is 0 Å². The summed E-state index contributed by atoms with van der Waals surface area (Å²) in [4.78, 5) is 32.5. The summed E-state index contributed by atoms with van der Waals surface area (Å²) in [7, 11) is 4.14. The molecule has 0 saturated carbocycles. The van der Waals surface area contributed by atoms with Crippen LogP contribution in [0.25, 0.3) is 0 Å². The van der Waals surface area contributed by atoms with E-state index in [4.69, 9.17) is 4.74 Å². The van der Waals surface area contributed by atoms with Gasteiger partial charge >= 0.3 is 0 Å². The Labute approximate surface area is 173 Å². The van der Waals surface area contributed by atoms with E-state index in [0.29, 0.717) is 36.3 Å². The van der Waals surface area contributed by atoms with Crippen LogP contribution in [0.15, 0.2) is 24.3 Å². The maximum Gasteiger partial charge on any atom is 0.253 e. The number of amides is 2. The monoisotopic (exact) mass is 399 g/mol. The van der Waals surface area contributed by atoms with E-state index in [1.54, 1.807) is 0 Å². The molecule has 3 aliphatic heterocycles. The van der Waals surface area contributed by atoms with Crippen molar-refractivity contribution in [2.75, 3.05) is 40.3 Å². The number of ether oxygens (including phenoxy) is 1. The molecule has 1 aromatic carbocycles. The zero-order valence-electron chi connectivity index (χ0n) is 17.8. The fourth-order valence-corrected chi connectivity index (χ4v) is 5.59. The first-order valence-electron chi connectivity index (χ1n) is 11.0. The maximum absolute atomic E-state index is 13.2. The minimum Gasteiger partial charge on any atom is -0.494 e. The van der Waals surface area contributed by atoms with Crippen LogP contribution < -0.4 is 4.74 Å². The second kappa shape index (κ2) is 8.34. The van der Waals surface area contributed by atoms with Crippen molar-refractivity contribution in [1.82, 2.24) is 14.7 Å². The fourth-order valence-electron chi connectivity index (χ4n) is 5.59. The molecule has 6 heteroatoms. The van der Waals surface area contributed by atoms with Crippen LogP contribution in [0.3, 0.4) is 0 Å². The number of carbonyl (C=O) groups is 2. The van der Waals surface area contributed by atoms with E-state index in [2.05, 4.69) is 23.9 Å². The van der Waals surface area contributed by atoms with Gasteiger partial charge in [0.05, 0.1) is 6.61 Å². The molecule has 29 heavy (non-hydrogen) atoms. The lowest BCUT2D eigenvalue weighted by molar-refractivity contribution is -0.152. The summed E-state index contributed by atoms with van der Waals surface area (Å²) in [5.41, 5.74) is 0.717. The number of rotatable bonds is 5. The molecule has 6 nitrogen and oxygen atoms in total. The van der Waals surface area contributed by atoms with Crippen LogP contribution in [0.2, 0.25) is 0 Å². The average molecular weight is 400 g/mol. The SMILES string of the molecule is CCOc1ccc(C(=O)N2C[C@H]3C[C@@H](C2)[C@H](CN(C)C)N2C(=O)CCC[C@@H]32)cc1. The van der Waals surface area contributed by atoms with Crippen LogP contribution >= 0.6 is 0 Å². The van der Waals surface area contributed by atoms with Gasteiger partial charge < -0.3 is 19.4 Å². The van der Waals surface area contributed by atoms with Gasteiger partial charge in [0.25, 0.3) is 5.91 Å². The van der Waals surface area contributed by atoms with Gasteiger partial charge in [0.1, 0.15) is 5.75 Å². The van der Waals surface area contributed by atoms with Crippen molar-refractivity contribution in [1.29, 1.82) is 0 Å². The zero-order chi connectivity index (χ0) is 20.5. The second-order valence-corrected chi connectivity index (χ2v) is 9.01. The Bertz CT molecular complexity index is 748. The highest BCUT2D eigenvalue weighted by Gasteiger charge is 2.50. The third-order valence-corrected chi connectivity index (χ3v) is 6.75. The van der Waals surface area contributed by atoms with Crippen molar-refractivity contribution in [2.24, 2.45) is 11.8 Å². The molecule has 0 radical (unpaired) electrons. The maximum atomic E-state index is 13.2. The summed E-state index contributed by atoms with van der Waals surface area (Å²) in [6, 6.07) is 7.97. The first-order chi connectivity index (χ1) is 14.0. The molecule has 4 atom stereocenters. The van der Waals surface area contributed by atoms with E-state index in [1.807, 2.05) is 36.1 Å². The molecule has 0 spiro atoms. The minimum absolute atomic E-state index is 0.0990. The first kappa shape index (κ1) is 20.2. The van der Waals surface area contributed by atoms with E-state index in [1.165, 1.54) is 0 Å². The molecule has 0 aliphatic carbocycles. The lowest BCUT2D eigenvalue weighted by atomic mass is 9.72. The van der Waals surface area contributed by atoms with Crippen molar-refractivity contribution in [2.45, 2.75) is 44.7 Å². The van der Waals surface area contributed by atoms with Crippen molar-refractivity contribution < 1.29 is 14.3 Å². The van der Waals surface area contributed by atoms with Crippen LogP contribution in [-0.2, 0) is 4.79 Å². The Balaban J connectivity index is 1.55. The molecule has 2 amide bonds. The number of hydrogen-bond donors (Lipinski definition) is 0. The topological polar surface area (TPSA) is 53.1 Å². The zero-order valence-corrected chi connectivity index (χ0v) is 17.8. The van der Waals surface area contributed by atoms with Gasteiger partial charge in [-0.05, 0) is 76.4 Å². The number of piperidine rings is 3. The highest BCUT2D eigenvalue weighted by molar-refractivity contribution is 5.94. The van der Waals surface area contributed by atoms with Crippen molar-refractivity contribution in [3.05, 3.63) is 29.8 Å². The molecule has 158 valence electrons. The summed E-state index contributed by atoms with van der Waals surface area (Å²) in [6.07, 6.45) is 3.84. The first-order valence-corrected chi connectivity index (χ1v) is 11.0. The van der Waals surface area contributed by atoms with Gasteiger partial charge in [-0.3, -0.25) is 9.59 Å². The predicted octanol–water partition coefficient (Wildman–Crippen LogP) is 2.49. The smallest absolute Gasteiger partial charge is 0.253 e. The standard InChI is InChI=1S/C23H33N3O3/c1-4-29-19-10-8-16(9-11-19)23(28)25-13-17-12-18(14-25)21(15-24(2)3)26-20(17)6-5-7-22(26)27/h8-11,17-18,20-21H,4-7,12-15H2,1-3H3/t17-,18+,20+,21+/m1/s1. The molecule has 0 N–H and O–H groups in total. The van der Waals surface area contributed by atoms with Crippen LogP contribution in [-0.4, -0.2) is 78.9 Å². The number of hydrogen-bond acceptors (Lipinski definition) is 4. The number of nitrogens with zero attached hydrogens (tertiary/aromatic N) is 3. The van der Waals surface area contributed by atoms with E-state index in [9.17, 15) is 9.59 Å². The van der Waals surface area contributed by atoms with Crippen molar-refractivity contribution in [3.8, 4) is 5.75 Å². The summed E-state index contributed by atoms with van der Waals surface area (Å²) >= 11 is 0. The summed E-state index contributed by atoms with van der Waals surface area (Å²) in [5, 5.41) is 0. The van der Waals surface area contributed by atoms with Gasteiger partial charge in [-0.2, -0.15) is 0 Å². The summed E-state index contributed by atoms with van der Waals surface area (Å²) in [6.45, 7) is 4.93. The molecule has 1 aromatic rings. The van der Waals surface area contributed by atoms with Gasteiger partial charge in [-0.1, -0.05) is 0 Å². The molecule has 0 aromatic heterocycles. The van der Waals surface area contributed by atoms with Gasteiger partial charge in [0.2, 0.25) is 5.91 Å². The van der Waals surface area contributed by atoms with Gasteiger partial charge in [-0.25, -0.2) is 0 Å². The lowest BCUT2D eigenvalue weighted by Crippen LogP contribution is -2.67. The Morgan fingerprint density at radius 1 is 1.17 bits per heavy atom. The number of fused-ring (bicyclic) bond motifs is 4. The predicted molar refractivity (Wildman–Crippen MR) is 112 cm³/mol. The fraction of sp³-hybridized carbons (Fsp3) is 0.652. The Morgan fingerprint density at radius 3 is 2.59 bits per heavy atom. The normalized spacial score (nSPS) is 29.0. The molecule has 3 saturated heterocycles. The Hall–Kier alpha value is -2.08. The van der Waals surface area contributed by atoms with Gasteiger partial charge in [0, 0.05) is 43.7 Å². The van der Waals surface area contributed by atoms with Crippen LogP contribution in [0.4, 0.5) is 0 Å². The molecule has 3 fully saturated rings. The van der Waals surface area contributed by atoms with E-state index in [0.717, 1.165) is 44.6 Å². The van der Waals surface area contributed by atoms with E-state index in [-0.39, 0.29) is 18.0 Å². The second-order valence-electron chi connectivity index (χ2n) is 9.01. The third kappa shape index (κ3) is 4.00. The summed E-state index contributed by atoms with van der Waals surface area (Å²) in [5.74, 6) is 1.95. The highest BCUT2D eigenvalue weighted by atomic mass is 16.5. The van der Waals surface area contributed by atoms with Crippen LogP contribution in [0.1, 0.15) is 43.0 Å². The number of carbonyl (C=O) groups excluding carboxylic acids is 2. The molecule has 0 unspecified atom stereocenters. The molecular weight excluding hydrogens is 366 g/mol. The molecule has 2 bridgehead atoms. The number of likely N-dealkylation sites (tertiary alicyclic amines) is 1. The largest absolute Gasteiger partial charge is 0.494 e. The van der Waals surface area contributed by atoms with Crippen molar-refractivity contribution in [3.63, 3.8) is 0 Å². The Morgan fingerprint density at radius 2 is 1.90 bits per heavy atom. The van der Waals surface area contributed by atoms with Crippen molar-refractivity contribution >= 4 is 11.8 Å². The van der Waals surface area contributed by atoms with Gasteiger partial charge in [0.15, 0.2) is 0 Å². The highest BCUT2D eigenvalue weighted by Crippen LogP contribution is 2.42. The molecule has 3 aliphatic rings. The molecular formula is C23H33N3O3. The third-order valence-electron chi connectivity index (χ3n) is 6.75. The van der Waals surface area contributed by atoms with Crippen LogP contribution in [0.5, 0.6) is 5.75 Å². The molecule has 3 heterocycles. The lowest BCUT2D eigenvalue weighted by Gasteiger charge is -2.57.